The second kappa shape index (κ2) is 8.55. The lowest BCUT2D eigenvalue weighted by Gasteiger charge is -2.19. The predicted octanol–water partition coefficient (Wildman–Crippen LogP) is 0.886. The first-order chi connectivity index (χ1) is 12.5. The fraction of sp³-hybridized carbons (Fsp3) is 0.500. The van der Waals surface area contributed by atoms with Crippen molar-refractivity contribution in [1.82, 2.24) is 15.5 Å². The minimum atomic E-state index is -0.148. The molecule has 7 nitrogen and oxygen atoms in total. The number of amides is 3. The molecule has 3 rings (SSSR count). The third kappa shape index (κ3) is 4.76. The van der Waals surface area contributed by atoms with Crippen LogP contribution in [0.4, 0.5) is 5.69 Å². The Morgan fingerprint density at radius 1 is 1.27 bits per heavy atom. The topological polar surface area (TPSA) is 90.5 Å². The van der Waals surface area contributed by atoms with Crippen LogP contribution in [0, 0.1) is 5.92 Å². The van der Waals surface area contributed by atoms with Gasteiger partial charge in [0, 0.05) is 43.6 Å². The molecule has 1 unspecified atom stereocenters. The van der Waals surface area contributed by atoms with Gasteiger partial charge < -0.3 is 20.9 Å². The van der Waals surface area contributed by atoms with Crippen molar-refractivity contribution in [2.24, 2.45) is 5.92 Å². The van der Waals surface area contributed by atoms with Crippen LogP contribution in [0.5, 0.6) is 0 Å². The number of nitrogens with one attached hydrogen (secondary N) is 3. The molecule has 0 bridgehead atoms. The van der Waals surface area contributed by atoms with Gasteiger partial charge in [-0.2, -0.15) is 0 Å². The van der Waals surface area contributed by atoms with Gasteiger partial charge in [-0.05, 0) is 36.6 Å². The van der Waals surface area contributed by atoms with Crippen molar-refractivity contribution >= 4 is 35.2 Å². The monoisotopic (exact) mass is 376 g/mol. The minimum Gasteiger partial charge on any atom is -0.352 e. The molecule has 3 N–H and O–H groups in total. The minimum absolute atomic E-state index is 0.132. The summed E-state index contributed by atoms with van der Waals surface area (Å²) in [7, 11) is 0. The normalized spacial score (nSPS) is 22.3. The van der Waals surface area contributed by atoms with Crippen LogP contribution in [0.2, 0.25) is 0 Å². The molecule has 2 aliphatic heterocycles. The summed E-state index contributed by atoms with van der Waals surface area (Å²) in [6.07, 6.45) is 0.752. The lowest BCUT2D eigenvalue weighted by atomic mass is 10.0. The molecule has 2 saturated heterocycles. The van der Waals surface area contributed by atoms with Gasteiger partial charge in [0.15, 0.2) is 0 Å². The van der Waals surface area contributed by atoms with Crippen LogP contribution in [0.25, 0.3) is 0 Å². The van der Waals surface area contributed by atoms with E-state index in [-0.39, 0.29) is 29.7 Å². The van der Waals surface area contributed by atoms with E-state index in [1.807, 2.05) is 4.90 Å². The van der Waals surface area contributed by atoms with Gasteiger partial charge in [0.25, 0.3) is 5.91 Å². The molecule has 1 aromatic carbocycles. The van der Waals surface area contributed by atoms with Crippen LogP contribution in [0.1, 0.15) is 23.7 Å². The fourth-order valence-electron chi connectivity index (χ4n) is 3.21. The molecule has 140 valence electrons. The van der Waals surface area contributed by atoms with E-state index in [0.717, 1.165) is 31.1 Å². The quantitative estimate of drug-likeness (QED) is 0.710. The van der Waals surface area contributed by atoms with Crippen molar-refractivity contribution in [2.75, 3.05) is 36.6 Å². The Balaban J connectivity index is 1.44. The maximum atomic E-state index is 12.4. The fourth-order valence-corrected chi connectivity index (χ4v) is 4.16. The molecule has 2 aliphatic rings. The largest absolute Gasteiger partial charge is 0.352 e. The van der Waals surface area contributed by atoms with Crippen molar-refractivity contribution < 1.29 is 14.4 Å². The first kappa shape index (κ1) is 18.7. The van der Waals surface area contributed by atoms with Crippen molar-refractivity contribution in [2.45, 2.75) is 19.4 Å². The molecule has 0 aromatic heterocycles. The number of hydrogen-bond acceptors (Lipinski definition) is 5. The first-order valence-electron chi connectivity index (χ1n) is 8.78. The van der Waals surface area contributed by atoms with Crippen LogP contribution < -0.4 is 16.0 Å². The zero-order valence-corrected chi connectivity index (χ0v) is 15.6. The highest BCUT2D eigenvalue weighted by atomic mass is 32.2. The number of nitrogens with zero attached hydrogens (tertiary/aromatic N) is 1. The summed E-state index contributed by atoms with van der Waals surface area (Å²) in [5.41, 5.74) is 1.21. The molecule has 0 saturated carbocycles. The maximum absolute atomic E-state index is 12.4. The number of carbonyl (C=O) groups is 3. The Kier molecular flexibility index (Phi) is 6.16. The van der Waals surface area contributed by atoms with E-state index >= 15 is 0 Å². The van der Waals surface area contributed by atoms with Crippen LogP contribution in [-0.2, 0) is 9.59 Å². The molecule has 2 fully saturated rings. The third-order valence-electron chi connectivity index (χ3n) is 4.60. The molecular formula is C18H24N4O3S. The molecule has 2 atom stereocenters. The molecule has 1 aromatic rings. The Bertz CT molecular complexity index is 674. The molecule has 3 amide bonds. The first-order valence-corrected chi connectivity index (χ1v) is 9.94. The van der Waals surface area contributed by atoms with E-state index in [4.69, 9.17) is 0 Å². The van der Waals surface area contributed by atoms with E-state index in [1.54, 1.807) is 36.0 Å². The third-order valence-corrected chi connectivity index (χ3v) is 5.57. The van der Waals surface area contributed by atoms with Crippen molar-refractivity contribution in [3.63, 3.8) is 0 Å². The van der Waals surface area contributed by atoms with E-state index in [1.165, 1.54) is 6.92 Å². The molecule has 0 spiro atoms. The Morgan fingerprint density at radius 3 is 2.69 bits per heavy atom. The summed E-state index contributed by atoms with van der Waals surface area (Å²) in [6, 6.07) is 6.65. The van der Waals surface area contributed by atoms with Crippen LogP contribution in [0.15, 0.2) is 24.3 Å². The summed E-state index contributed by atoms with van der Waals surface area (Å²) < 4.78 is 0. The number of thioether (sulfide) groups is 1. The van der Waals surface area contributed by atoms with E-state index < -0.39 is 0 Å². The molecular weight excluding hydrogens is 352 g/mol. The number of hydrogen-bond donors (Lipinski definition) is 3. The Hall–Kier alpha value is -2.06. The van der Waals surface area contributed by atoms with Gasteiger partial charge in [-0.1, -0.05) is 0 Å². The van der Waals surface area contributed by atoms with Crippen LogP contribution in [0.3, 0.4) is 0 Å². The highest BCUT2D eigenvalue weighted by Crippen LogP contribution is 2.20. The van der Waals surface area contributed by atoms with Crippen LogP contribution >= 0.6 is 11.8 Å². The second-order valence-corrected chi connectivity index (χ2v) is 7.74. The van der Waals surface area contributed by atoms with Crippen molar-refractivity contribution in [3.05, 3.63) is 29.8 Å². The van der Waals surface area contributed by atoms with Gasteiger partial charge in [0.05, 0.1) is 11.9 Å². The lowest BCUT2D eigenvalue weighted by molar-refractivity contribution is -0.131. The van der Waals surface area contributed by atoms with Gasteiger partial charge in [-0.25, -0.2) is 0 Å². The highest BCUT2D eigenvalue weighted by Gasteiger charge is 2.33. The van der Waals surface area contributed by atoms with Crippen molar-refractivity contribution in [1.29, 1.82) is 0 Å². The smallest absolute Gasteiger partial charge is 0.251 e. The van der Waals surface area contributed by atoms with Gasteiger partial charge in [0.1, 0.15) is 0 Å². The van der Waals surface area contributed by atoms with E-state index in [2.05, 4.69) is 16.0 Å². The highest BCUT2D eigenvalue weighted by molar-refractivity contribution is 7.99. The molecule has 0 aliphatic carbocycles. The molecule has 8 heteroatoms. The zero-order chi connectivity index (χ0) is 18.5. The average Bonchev–Trinajstić information content (AvgIpc) is 3.31. The average molecular weight is 376 g/mol. The maximum Gasteiger partial charge on any atom is 0.251 e. The summed E-state index contributed by atoms with van der Waals surface area (Å²) in [5.74, 6) is 1.93. The van der Waals surface area contributed by atoms with Gasteiger partial charge in [0.2, 0.25) is 11.8 Å². The Labute approximate surface area is 157 Å². The SMILES string of the molecule is CC(=O)Nc1ccc(C(=O)NCC2CN[C@H](C(=O)N3CCSC3)C2)cc1. The lowest BCUT2D eigenvalue weighted by Crippen LogP contribution is -2.42. The van der Waals surface area contributed by atoms with Gasteiger partial charge in [-0.15, -0.1) is 11.8 Å². The predicted molar refractivity (Wildman–Crippen MR) is 102 cm³/mol. The summed E-state index contributed by atoms with van der Waals surface area (Å²) in [4.78, 5) is 37.6. The summed E-state index contributed by atoms with van der Waals surface area (Å²) in [6.45, 7) is 3.55. The van der Waals surface area contributed by atoms with E-state index in [9.17, 15) is 14.4 Å². The van der Waals surface area contributed by atoms with Gasteiger partial charge >= 0.3 is 0 Å². The summed E-state index contributed by atoms with van der Waals surface area (Å²) in [5, 5.41) is 8.89. The molecule has 26 heavy (non-hydrogen) atoms. The zero-order valence-electron chi connectivity index (χ0n) is 14.8. The number of benzene rings is 1. The molecule has 2 heterocycles. The summed E-state index contributed by atoms with van der Waals surface area (Å²) >= 11 is 1.78. The van der Waals surface area contributed by atoms with E-state index in [0.29, 0.717) is 17.8 Å². The standard InChI is InChI=1S/C18H24N4O3S/c1-12(23)21-15-4-2-14(3-5-15)17(24)20-10-13-8-16(19-9-13)18(25)22-6-7-26-11-22/h2-5,13,16,19H,6-11H2,1H3,(H,20,24)(H,21,23)/t13?,16-/m0/s1. The van der Waals surface area contributed by atoms with Gasteiger partial charge in [-0.3, -0.25) is 14.4 Å². The Morgan fingerprint density at radius 2 is 2.04 bits per heavy atom. The number of rotatable bonds is 5. The van der Waals surface area contributed by atoms with Crippen molar-refractivity contribution in [3.8, 4) is 0 Å². The van der Waals surface area contributed by atoms with Crippen LogP contribution in [-0.4, -0.2) is 59.9 Å². The number of carbonyl (C=O) groups excluding carboxylic acids is 3. The molecule has 0 radical (unpaired) electrons. The second-order valence-electron chi connectivity index (χ2n) is 6.67. The number of anilines is 1.